The zero-order valence-electron chi connectivity index (χ0n) is 16.4. The standard InChI is InChI=1S/C20H27N5O3/c1-3-28-20(26)16-4-6-17(7-5-16)24-19-14-18(22-15(2)23-19)21-8-9-25-10-12-27-13-11-25/h4-7,14H,3,8-13H2,1-2H3,(H2,21,22,23,24). The molecule has 0 unspecified atom stereocenters. The van der Waals surface area contributed by atoms with Crippen LogP contribution in [0.2, 0.25) is 0 Å². The zero-order valence-corrected chi connectivity index (χ0v) is 16.4. The maximum atomic E-state index is 11.7. The summed E-state index contributed by atoms with van der Waals surface area (Å²) in [6, 6.07) is 9.00. The third kappa shape index (κ3) is 5.90. The predicted molar refractivity (Wildman–Crippen MR) is 108 cm³/mol. The van der Waals surface area contributed by atoms with Gasteiger partial charge in [0.15, 0.2) is 0 Å². The van der Waals surface area contributed by atoms with Crippen LogP contribution in [0.5, 0.6) is 0 Å². The van der Waals surface area contributed by atoms with Gasteiger partial charge in [-0.1, -0.05) is 0 Å². The molecule has 28 heavy (non-hydrogen) atoms. The smallest absolute Gasteiger partial charge is 0.338 e. The average molecular weight is 385 g/mol. The number of nitrogens with one attached hydrogen (secondary N) is 2. The van der Waals surface area contributed by atoms with Crippen molar-refractivity contribution in [3.8, 4) is 0 Å². The van der Waals surface area contributed by atoms with E-state index in [1.165, 1.54) is 0 Å². The molecule has 2 aromatic rings. The van der Waals surface area contributed by atoms with E-state index in [9.17, 15) is 4.79 Å². The van der Waals surface area contributed by atoms with Gasteiger partial charge in [0.25, 0.3) is 0 Å². The summed E-state index contributed by atoms with van der Waals surface area (Å²) in [7, 11) is 0. The van der Waals surface area contributed by atoms with E-state index < -0.39 is 0 Å². The molecule has 0 bridgehead atoms. The molecule has 0 radical (unpaired) electrons. The second-order valence-electron chi connectivity index (χ2n) is 6.49. The second kappa shape index (κ2) is 10.0. The molecular formula is C20H27N5O3. The Bertz CT molecular complexity index is 776. The highest BCUT2D eigenvalue weighted by Gasteiger charge is 2.10. The van der Waals surface area contributed by atoms with Crippen molar-refractivity contribution in [3.05, 3.63) is 41.7 Å². The number of carbonyl (C=O) groups excluding carboxylic acids is 1. The van der Waals surface area contributed by atoms with E-state index >= 15 is 0 Å². The zero-order chi connectivity index (χ0) is 19.8. The lowest BCUT2D eigenvalue weighted by Crippen LogP contribution is -2.39. The summed E-state index contributed by atoms with van der Waals surface area (Å²) in [6.07, 6.45) is 0. The van der Waals surface area contributed by atoms with E-state index in [1.54, 1.807) is 19.1 Å². The van der Waals surface area contributed by atoms with Gasteiger partial charge in [-0.25, -0.2) is 14.8 Å². The quantitative estimate of drug-likeness (QED) is 0.670. The van der Waals surface area contributed by atoms with Crippen LogP contribution in [0.3, 0.4) is 0 Å². The molecule has 1 fully saturated rings. The summed E-state index contributed by atoms with van der Waals surface area (Å²) in [5.41, 5.74) is 1.36. The number of nitrogens with zero attached hydrogens (tertiary/aromatic N) is 3. The largest absolute Gasteiger partial charge is 0.462 e. The van der Waals surface area contributed by atoms with Gasteiger partial charge < -0.3 is 20.1 Å². The number of benzene rings is 1. The molecule has 0 spiro atoms. The molecular weight excluding hydrogens is 358 g/mol. The van der Waals surface area contributed by atoms with Crippen molar-refractivity contribution in [1.29, 1.82) is 0 Å². The molecule has 3 rings (SSSR count). The van der Waals surface area contributed by atoms with E-state index in [1.807, 2.05) is 25.1 Å². The summed E-state index contributed by atoms with van der Waals surface area (Å²) >= 11 is 0. The molecule has 2 heterocycles. The minimum absolute atomic E-state index is 0.321. The lowest BCUT2D eigenvalue weighted by Gasteiger charge is -2.26. The number of ether oxygens (including phenoxy) is 2. The molecule has 2 N–H and O–H groups in total. The fourth-order valence-corrected chi connectivity index (χ4v) is 2.94. The van der Waals surface area contributed by atoms with Crippen LogP contribution in [-0.2, 0) is 9.47 Å². The lowest BCUT2D eigenvalue weighted by molar-refractivity contribution is 0.0398. The van der Waals surface area contributed by atoms with Crippen LogP contribution >= 0.6 is 0 Å². The highest BCUT2D eigenvalue weighted by atomic mass is 16.5. The Morgan fingerprint density at radius 2 is 1.89 bits per heavy atom. The van der Waals surface area contributed by atoms with E-state index in [0.717, 1.165) is 50.9 Å². The second-order valence-corrected chi connectivity index (χ2v) is 6.49. The molecule has 0 saturated carbocycles. The monoisotopic (exact) mass is 385 g/mol. The summed E-state index contributed by atoms with van der Waals surface area (Å²) in [4.78, 5) is 23.0. The Morgan fingerprint density at radius 1 is 1.18 bits per heavy atom. The van der Waals surface area contributed by atoms with Crippen molar-refractivity contribution in [2.24, 2.45) is 0 Å². The van der Waals surface area contributed by atoms with Gasteiger partial charge in [-0.15, -0.1) is 0 Å². The van der Waals surface area contributed by atoms with Gasteiger partial charge in [0, 0.05) is 37.9 Å². The van der Waals surface area contributed by atoms with Gasteiger partial charge in [0.05, 0.1) is 25.4 Å². The van der Waals surface area contributed by atoms with Crippen molar-refractivity contribution >= 4 is 23.3 Å². The summed E-state index contributed by atoms with van der Waals surface area (Å²) in [5, 5.41) is 6.62. The number of anilines is 3. The van der Waals surface area contributed by atoms with Crippen LogP contribution in [-0.4, -0.2) is 66.8 Å². The summed E-state index contributed by atoms with van der Waals surface area (Å²) in [6.45, 7) is 9.32. The van der Waals surface area contributed by atoms with E-state index in [4.69, 9.17) is 9.47 Å². The van der Waals surface area contributed by atoms with Gasteiger partial charge in [-0.2, -0.15) is 0 Å². The highest BCUT2D eigenvalue weighted by molar-refractivity contribution is 5.89. The first kappa shape index (κ1) is 20.0. The van der Waals surface area contributed by atoms with E-state index in [2.05, 4.69) is 25.5 Å². The van der Waals surface area contributed by atoms with Crippen molar-refractivity contribution in [1.82, 2.24) is 14.9 Å². The average Bonchev–Trinajstić information content (AvgIpc) is 2.69. The van der Waals surface area contributed by atoms with Gasteiger partial charge in [-0.3, -0.25) is 4.90 Å². The van der Waals surface area contributed by atoms with Gasteiger partial charge >= 0.3 is 5.97 Å². The maximum Gasteiger partial charge on any atom is 0.338 e. The molecule has 0 atom stereocenters. The van der Waals surface area contributed by atoms with Crippen molar-refractivity contribution < 1.29 is 14.3 Å². The number of hydrogen-bond acceptors (Lipinski definition) is 8. The number of carbonyl (C=O) groups is 1. The fourth-order valence-electron chi connectivity index (χ4n) is 2.94. The van der Waals surface area contributed by atoms with Crippen LogP contribution in [0, 0.1) is 6.92 Å². The molecule has 1 aromatic heterocycles. The maximum absolute atomic E-state index is 11.7. The van der Waals surface area contributed by atoms with Crippen molar-refractivity contribution in [3.63, 3.8) is 0 Å². The van der Waals surface area contributed by atoms with Crippen molar-refractivity contribution in [2.45, 2.75) is 13.8 Å². The SMILES string of the molecule is CCOC(=O)c1ccc(Nc2cc(NCCN3CCOCC3)nc(C)n2)cc1. The molecule has 8 heteroatoms. The number of aromatic nitrogens is 2. The number of esters is 1. The molecule has 1 aliphatic heterocycles. The first-order chi connectivity index (χ1) is 13.6. The fraction of sp³-hybridized carbons (Fsp3) is 0.450. The molecule has 1 saturated heterocycles. The normalized spacial score (nSPS) is 14.5. The minimum Gasteiger partial charge on any atom is -0.462 e. The van der Waals surface area contributed by atoms with Crippen LogP contribution in [0.25, 0.3) is 0 Å². The molecule has 8 nitrogen and oxygen atoms in total. The third-order valence-corrected chi connectivity index (χ3v) is 4.34. The number of rotatable bonds is 8. The Morgan fingerprint density at radius 3 is 2.61 bits per heavy atom. The molecule has 0 aliphatic carbocycles. The Hall–Kier alpha value is -2.71. The molecule has 0 amide bonds. The van der Waals surface area contributed by atoms with Crippen LogP contribution in [0.4, 0.5) is 17.3 Å². The molecule has 1 aromatic carbocycles. The molecule has 150 valence electrons. The summed E-state index contributed by atoms with van der Waals surface area (Å²) < 4.78 is 10.4. The first-order valence-corrected chi connectivity index (χ1v) is 9.58. The Labute approximate surface area is 165 Å². The number of morpholine rings is 1. The van der Waals surface area contributed by atoms with Crippen molar-refractivity contribution in [2.75, 3.05) is 56.6 Å². The number of hydrogen-bond donors (Lipinski definition) is 2. The van der Waals surface area contributed by atoms with Gasteiger partial charge in [-0.05, 0) is 38.1 Å². The van der Waals surface area contributed by atoms with Crippen LogP contribution in [0.1, 0.15) is 23.1 Å². The van der Waals surface area contributed by atoms with Crippen LogP contribution < -0.4 is 10.6 Å². The topological polar surface area (TPSA) is 88.6 Å². The van der Waals surface area contributed by atoms with Gasteiger partial charge in [0.1, 0.15) is 17.5 Å². The third-order valence-electron chi connectivity index (χ3n) is 4.34. The number of aryl methyl sites for hydroxylation is 1. The lowest BCUT2D eigenvalue weighted by atomic mass is 10.2. The Balaban J connectivity index is 1.57. The minimum atomic E-state index is -0.321. The van der Waals surface area contributed by atoms with E-state index in [0.29, 0.717) is 23.8 Å². The Kier molecular flexibility index (Phi) is 7.16. The molecule has 1 aliphatic rings. The highest BCUT2D eigenvalue weighted by Crippen LogP contribution is 2.18. The summed E-state index contributed by atoms with van der Waals surface area (Å²) in [5.74, 6) is 1.84. The predicted octanol–water partition coefficient (Wildman–Crippen LogP) is 2.45. The van der Waals surface area contributed by atoms with Crippen LogP contribution in [0.15, 0.2) is 30.3 Å². The first-order valence-electron chi connectivity index (χ1n) is 9.58. The van der Waals surface area contributed by atoms with Gasteiger partial charge in [0.2, 0.25) is 0 Å². The van der Waals surface area contributed by atoms with E-state index in [-0.39, 0.29) is 5.97 Å².